The summed E-state index contributed by atoms with van der Waals surface area (Å²) in [4.78, 5) is 2.03. The van der Waals surface area contributed by atoms with Crippen molar-refractivity contribution in [3.05, 3.63) is 12.3 Å². The first-order valence-corrected chi connectivity index (χ1v) is 2.88. The summed E-state index contributed by atoms with van der Waals surface area (Å²) >= 11 is 0. The molecule has 8 heavy (non-hydrogen) atoms. The molecule has 0 aromatic rings. The van der Waals surface area contributed by atoms with Crippen molar-refractivity contribution in [1.82, 2.24) is 4.90 Å². The molecule has 0 N–H and O–H groups in total. The first kappa shape index (κ1) is 7.60. The summed E-state index contributed by atoms with van der Waals surface area (Å²) in [6.07, 6.45) is 5.25. The summed E-state index contributed by atoms with van der Waals surface area (Å²) < 4.78 is 0. The largest absolute Gasteiger partial charge is 0.384 e. The number of hydrogen-bond donors (Lipinski definition) is 0. The fraction of sp³-hybridized carbons (Fsp3) is 0.667. The van der Waals surface area contributed by atoms with Crippen LogP contribution in [-0.4, -0.2) is 26.3 Å². The maximum absolute atomic E-state index is 2.12. The molecule has 0 heterocycles. The molecule has 45 valence electrons. The van der Waals surface area contributed by atoms with Gasteiger partial charge in [-0.15, -0.1) is 0 Å². The lowest BCUT2D eigenvalue weighted by atomic mass is 9.78. The maximum Gasteiger partial charge on any atom is 0.110 e. The fourth-order valence-electron chi connectivity index (χ4n) is 0.408. The smallest absolute Gasteiger partial charge is 0.110 e. The van der Waals surface area contributed by atoms with Crippen LogP contribution in [0, 0.1) is 0 Å². The van der Waals surface area contributed by atoms with Gasteiger partial charge in [-0.3, -0.25) is 0 Å². The number of rotatable bonds is 3. The molecule has 1 nitrogen and oxygen atoms in total. The van der Waals surface area contributed by atoms with Crippen LogP contribution in [0.4, 0.5) is 0 Å². The molecule has 2 heteroatoms. The Morgan fingerprint density at radius 1 is 1.50 bits per heavy atom. The van der Waals surface area contributed by atoms with Gasteiger partial charge >= 0.3 is 0 Å². The van der Waals surface area contributed by atoms with Crippen LogP contribution in [0.3, 0.4) is 0 Å². The molecule has 0 bridgehead atoms. The molecule has 0 unspecified atom stereocenters. The molecule has 0 aromatic heterocycles. The highest BCUT2D eigenvalue weighted by atomic mass is 15.0. The van der Waals surface area contributed by atoms with Crippen molar-refractivity contribution in [3.8, 4) is 0 Å². The van der Waals surface area contributed by atoms with Crippen molar-refractivity contribution in [2.24, 2.45) is 0 Å². The van der Waals surface area contributed by atoms with E-state index in [-0.39, 0.29) is 0 Å². The van der Waals surface area contributed by atoms with Crippen LogP contribution < -0.4 is 0 Å². The highest BCUT2D eigenvalue weighted by Gasteiger charge is 1.75. The Hall–Kier alpha value is -0.395. The van der Waals surface area contributed by atoms with Crippen molar-refractivity contribution in [2.45, 2.75) is 13.1 Å². The van der Waals surface area contributed by atoms with Gasteiger partial charge in [0.1, 0.15) is 7.28 Å². The van der Waals surface area contributed by atoms with E-state index in [0.717, 1.165) is 6.32 Å². The third kappa shape index (κ3) is 5.60. The summed E-state index contributed by atoms with van der Waals surface area (Å²) in [5.41, 5.74) is 0. The third-order valence-electron chi connectivity index (χ3n) is 0.775. The van der Waals surface area contributed by atoms with Gasteiger partial charge in [0.25, 0.3) is 0 Å². The molecular weight excluding hydrogens is 96.9 g/mol. The van der Waals surface area contributed by atoms with E-state index in [0.29, 0.717) is 0 Å². The van der Waals surface area contributed by atoms with Gasteiger partial charge < -0.3 is 4.90 Å². The van der Waals surface area contributed by atoms with Crippen LogP contribution in [0.5, 0.6) is 0 Å². The number of allylic oxidation sites excluding steroid dienone is 1. The lowest BCUT2D eigenvalue weighted by Gasteiger charge is -2.01. The van der Waals surface area contributed by atoms with Gasteiger partial charge in [0, 0.05) is 14.1 Å². The highest BCUT2D eigenvalue weighted by Crippen LogP contribution is 1.82. The number of nitrogens with zero attached hydrogens (tertiary/aromatic N) is 1. The van der Waals surface area contributed by atoms with Crippen LogP contribution in [0.2, 0.25) is 13.1 Å². The van der Waals surface area contributed by atoms with Gasteiger partial charge in [0.05, 0.1) is 0 Å². The van der Waals surface area contributed by atoms with E-state index in [9.17, 15) is 0 Å². The Labute approximate surface area is 52.6 Å². The van der Waals surface area contributed by atoms with Crippen molar-refractivity contribution >= 4 is 7.28 Å². The summed E-state index contributed by atoms with van der Waals surface area (Å²) in [5, 5.41) is 0. The minimum absolute atomic E-state index is 1.07. The van der Waals surface area contributed by atoms with Crippen molar-refractivity contribution < 1.29 is 0 Å². The summed E-state index contributed by atoms with van der Waals surface area (Å²) in [6.45, 7) is 2.06. The molecule has 0 aromatic carbocycles. The van der Waals surface area contributed by atoms with Crippen molar-refractivity contribution in [1.29, 1.82) is 0 Å². The van der Waals surface area contributed by atoms with E-state index in [1.165, 1.54) is 0 Å². The second-order valence-electron chi connectivity index (χ2n) is 1.99. The Balaban J connectivity index is 3.07. The highest BCUT2D eigenvalue weighted by molar-refractivity contribution is 6.34. The average Bonchev–Trinajstić information content (AvgIpc) is 1.66. The quantitative estimate of drug-likeness (QED) is 0.494. The lowest BCUT2D eigenvalue weighted by Crippen LogP contribution is -1.99. The minimum Gasteiger partial charge on any atom is -0.384 e. The molecule has 0 aliphatic heterocycles. The Kier molecular flexibility index (Phi) is 4.52. The zero-order chi connectivity index (χ0) is 6.41. The summed E-state index contributed by atoms with van der Waals surface area (Å²) in [7, 11) is 6.16. The van der Waals surface area contributed by atoms with Crippen molar-refractivity contribution in [3.63, 3.8) is 0 Å². The van der Waals surface area contributed by atoms with Gasteiger partial charge in [-0.1, -0.05) is 19.2 Å². The molecule has 0 saturated carbocycles. The first-order chi connectivity index (χ1) is 3.77. The van der Waals surface area contributed by atoms with Gasteiger partial charge in [-0.25, -0.2) is 0 Å². The van der Waals surface area contributed by atoms with E-state index in [2.05, 4.69) is 26.4 Å². The molecule has 0 aliphatic carbocycles. The molecule has 0 aliphatic rings. The lowest BCUT2D eigenvalue weighted by molar-refractivity contribution is 0.563. The predicted octanol–water partition coefficient (Wildman–Crippen LogP) is 1.23. The normalized spacial score (nSPS) is 9.88. The van der Waals surface area contributed by atoms with E-state index >= 15 is 0 Å². The Bertz CT molecular complexity index is 68.9. The maximum atomic E-state index is 2.12. The Morgan fingerprint density at radius 2 is 2.12 bits per heavy atom. The molecule has 0 saturated heterocycles. The SMILES string of the molecule is C[B]C/C=C\N(C)C. The van der Waals surface area contributed by atoms with Crippen molar-refractivity contribution in [2.75, 3.05) is 14.1 Å². The summed E-state index contributed by atoms with van der Waals surface area (Å²) in [5.74, 6) is 0. The molecule has 0 atom stereocenters. The monoisotopic (exact) mass is 110 g/mol. The average molecular weight is 110 g/mol. The van der Waals surface area contributed by atoms with Gasteiger partial charge in [-0.2, -0.15) is 0 Å². The van der Waals surface area contributed by atoms with Gasteiger partial charge in [-0.05, 0) is 6.20 Å². The molecule has 0 rings (SSSR count). The van der Waals surface area contributed by atoms with E-state index < -0.39 is 0 Å². The van der Waals surface area contributed by atoms with E-state index in [1.807, 2.05) is 19.0 Å². The van der Waals surface area contributed by atoms with E-state index in [4.69, 9.17) is 0 Å². The predicted molar refractivity (Wildman–Crippen MR) is 39.3 cm³/mol. The second-order valence-corrected chi connectivity index (χ2v) is 1.99. The van der Waals surface area contributed by atoms with Crippen LogP contribution >= 0.6 is 0 Å². The summed E-state index contributed by atoms with van der Waals surface area (Å²) in [6, 6.07) is 0. The number of hydrogen-bond acceptors (Lipinski definition) is 1. The molecule has 0 spiro atoms. The molecule has 1 radical (unpaired) electrons. The van der Waals surface area contributed by atoms with Crippen LogP contribution in [0.25, 0.3) is 0 Å². The van der Waals surface area contributed by atoms with Crippen LogP contribution in [0.1, 0.15) is 0 Å². The van der Waals surface area contributed by atoms with E-state index in [1.54, 1.807) is 0 Å². The van der Waals surface area contributed by atoms with Crippen LogP contribution in [-0.2, 0) is 0 Å². The Morgan fingerprint density at radius 3 is 2.50 bits per heavy atom. The first-order valence-electron chi connectivity index (χ1n) is 2.88. The molecular formula is C6H13BN. The zero-order valence-electron chi connectivity index (χ0n) is 5.89. The zero-order valence-corrected chi connectivity index (χ0v) is 5.89. The van der Waals surface area contributed by atoms with Gasteiger partial charge in [0.2, 0.25) is 0 Å². The second kappa shape index (κ2) is 4.76. The molecule has 0 amide bonds. The standard InChI is InChI=1S/C6H13BN/c1-7-5-4-6-8(2)3/h4,6H,5H2,1-3H3/b6-4-. The van der Waals surface area contributed by atoms with Gasteiger partial charge in [0.15, 0.2) is 0 Å². The van der Waals surface area contributed by atoms with Crippen LogP contribution in [0.15, 0.2) is 12.3 Å². The fourth-order valence-corrected chi connectivity index (χ4v) is 0.408. The third-order valence-corrected chi connectivity index (χ3v) is 0.775. The molecule has 0 fully saturated rings. The topological polar surface area (TPSA) is 3.24 Å². The minimum atomic E-state index is 1.07.